The van der Waals surface area contributed by atoms with Crippen LogP contribution in [0.2, 0.25) is 5.02 Å². The largest absolute Gasteiger partial charge is 0.489 e. The van der Waals surface area contributed by atoms with Crippen LogP contribution in [0.3, 0.4) is 0 Å². The topological polar surface area (TPSA) is 64.5 Å². The minimum Gasteiger partial charge on any atom is -0.489 e. The Morgan fingerprint density at radius 2 is 1.88 bits per heavy atom. The van der Waals surface area contributed by atoms with Crippen LogP contribution < -0.4 is 4.74 Å². The number of aromatic nitrogens is 2. The smallest absolute Gasteiger partial charge is 0.305 e. The summed E-state index contributed by atoms with van der Waals surface area (Å²) in [6.07, 6.45) is 5.56. The third kappa shape index (κ3) is 5.24. The lowest BCUT2D eigenvalue weighted by Crippen LogP contribution is -2.47. The predicted octanol–water partition coefficient (Wildman–Crippen LogP) is 5.08. The summed E-state index contributed by atoms with van der Waals surface area (Å²) in [6.45, 7) is 2.37. The maximum absolute atomic E-state index is 11.5. The molecule has 1 aliphatic heterocycles. The van der Waals surface area contributed by atoms with Crippen molar-refractivity contribution in [3.63, 3.8) is 0 Å². The van der Waals surface area contributed by atoms with E-state index in [4.69, 9.17) is 26.1 Å². The fraction of sp³-hybridized carbons (Fsp3) is 0.370. The first-order chi connectivity index (χ1) is 16.6. The normalized spacial score (nSPS) is 19.7. The Kier molecular flexibility index (Phi) is 6.79. The van der Waals surface area contributed by atoms with Gasteiger partial charge < -0.3 is 9.47 Å². The Labute approximate surface area is 204 Å². The Balaban J connectivity index is 1.17. The van der Waals surface area contributed by atoms with Gasteiger partial charge in [-0.1, -0.05) is 23.7 Å². The van der Waals surface area contributed by atoms with Gasteiger partial charge in [-0.15, -0.1) is 0 Å². The molecule has 0 atom stereocenters. The molecule has 0 N–H and O–H groups in total. The maximum Gasteiger partial charge on any atom is 0.305 e. The van der Waals surface area contributed by atoms with Gasteiger partial charge in [0.2, 0.25) is 0 Å². The second kappa shape index (κ2) is 10.1. The number of fused-ring (bicyclic) bond motifs is 1. The molecule has 0 radical (unpaired) electrons. The lowest BCUT2D eigenvalue weighted by atomic mass is 9.77. The molecule has 1 saturated carbocycles. The van der Waals surface area contributed by atoms with Crippen molar-refractivity contribution in [2.45, 2.75) is 44.9 Å². The minimum atomic E-state index is -0.102. The van der Waals surface area contributed by atoms with Crippen molar-refractivity contribution in [2.24, 2.45) is 5.92 Å². The molecule has 176 valence electrons. The molecule has 2 heterocycles. The molecular weight excluding hydrogens is 450 g/mol. The quantitative estimate of drug-likeness (QED) is 0.442. The van der Waals surface area contributed by atoms with Gasteiger partial charge in [0.25, 0.3) is 0 Å². The number of carbonyl (C=O) groups excluding carboxylic acids is 1. The number of hydrogen-bond donors (Lipinski definition) is 0. The molecule has 0 unspecified atom stereocenters. The van der Waals surface area contributed by atoms with Crippen LogP contribution in [-0.2, 0) is 29.1 Å². The van der Waals surface area contributed by atoms with Crippen LogP contribution in [0, 0.1) is 5.92 Å². The molecule has 0 bridgehead atoms. The SMILES string of the molecule is COC(=O)CC1CC(N2CCc3nc(-c4ccc(OCc5ccc(Cl)cc5)cc4)ncc3C2)C1. The number of nitrogens with zero attached hydrogens (tertiary/aromatic N) is 3. The number of esters is 1. The number of methoxy groups -OCH3 is 1. The van der Waals surface area contributed by atoms with Crippen LogP contribution >= 0.6 is 11.6 Å². The fourth-order valence-corrected chi connectivity index (χ4v) is 4.85. The minimum absolute atomic E-state index is 0.102. The Bertz CT molecular complexity index is 1140. The molecule has 0 saturated heterocycles. The number of hydrogen-bond acceptors (Lipinski definition) is 6. The van der Waals surface area contributed by atoms with Gasteiger partial charge in [-0.05, 0) is 60.7 Å². The molecule has 1 aliphatic carbocycles. The van der Waals surface area contributed by atoms with Gasteiger partial charge in [-0.2, -0.15) is 0 Å². The van der Waals surface area contributed by atoms with Crippen molar-refractivity contribution in [1.29, 1.82) is 0 Å². The van der Waals surface area contributed by atoms with Gasteiger partial charge in [-0.25, -0.2) is 9.97 Å². The summed E-state index contributed by atoms with van der Waals surface area (Å²) in [7, 11) is 1.46. The number of carbonyl (C=O) groups is 1. The summed E-state index contributed by atoms with van der Waals surface area (Å²) in [5.74, 6) is 1.90. The van der Waals surface area contributed by atoms with Crippen LogP contribution in [0.15, 0.2) is 54.7 Å². The van der Waals surface area contributed by atoms with E-state index in [1.807, 2.05) is 54.7 Å². The van der Waals surface area contributed by atoms with E-state index in [9.17, 15) is 4.79 Å². The van der Waals surface area contributed by atoms with E-state index in [-0.39, 0.29) is 5.97 Å². The zero-order chi connectivity index (χ0) is 23.5. The second-order valence-electron chi connectivity index (χ2n) is 9.10. The Hall–Kier alpha value is -2.96. The van der Waals surface area contributed by atoms with E-state index < -0.39 is 0 Å². The van der Waals surface area contributed by atoms with E-state index in [1.54, 1.807) is 0 Å². The van der Waals surface area contributed by atoms with Crippen LogP contribution in [0.4, 0.5) is 0 Å². The third-order valence-electron chi connectivity index (χ3n) is 6.80. The Morgan fingerprint density at radius 3 is 2.62 bits per heavy atom. The summed E-state index contributed by atoms with van der Waals surface area (Å²) in [6, 6.07) is 16.1. The highest BCUT2D eigenvalue weighted by molar-refractivity contribution is 6.30. The molecule has 1 aromatic heterocycles. The molecule has 2 aromatic carbocycles. The van der Waals surface area contributed by atoms with Crippen LogP contribution in [-0.4, -0.2) is 40.5 Å². The standard InChI is InChI=1S/C27H28ClN3O3/c1-33-26(32)14-19-12-23(13-19)31-11-10-25-21(16-31)15-29-27(30-25)20-4-8-24(9-5-20)34-17-18-2-6-22(28)7-3-18/h2-9,15,19,23H,10-14,16-17H2,1H3. The maximum atomic E-state index is 11.5. The van der Waals surface area contributed by atoms with Crippen LogP contribution in [0.1, 0.15) is 36.1 Å². The van der Waals surface area contributed by atoms with E-state index in [1.165, 1.54) is 12.7 Å². The first-order valence-corrected chi connectivity index (χ1v) is 12.1. The fourth-order valence-electron chi connectivity index (χ4n) is 4.72. The van der Waals surface area contributed by atoms with Gasteiger partial charge in [0.05, 0.1) is 12.8 Å². The van der Waals surface area contributed by atoms with Gasteiger partial charge in [-0.3, -0.25) is 9.69 Å². The summed E-state index contributed by atoms with van der Waals surface area (Å²) in [5, 5.41) is 0.721. The highest BCUT2D eigenvalue weighted by Gasteiger charge is 2.36. The lowest BCUT2D eigenvalue weighted by Gasteiger charge is -2.44. The van der Waals surface area contributed by atoms with Crippen LogP contribution in [0.25, 0.3) is 11.4 Å². The Morgan fingerprint density at radius 1 is 1.12 bits per heavy atom. The highest BCUT2D eigenvalue weighted by Crippen LogP contribution is 2.36. The van der Waals surface area contributed by atoms with Gasteiger partial charge >= 0.3 is 5.97 Å². The first kappa shape index (κ1) is 22.8. The van der Waals surface area contributed by atoms with E-state index in [2.05, 4.69) is 9.88 Å². The first-order valence-electron chi connectivity index (χ1n) is 11.7. The van der Waals surface area contributed by atoms with E-state index in [0.29, 0.717) is 25.0 Å². The van der Waals surface area contributed by atoms with Crippen molar-refractivity contribution < 1.29 is 14.3 Å². The molecule has 0 spiro atoms. The van der Waals surface area contributed by atoms with E-state index in [0.717, 1.165) is 65.8 Å². The molecule has 1 fully saturated rings. The summed E-state index contributed by atoms with van der Waals surface area (Å²) in [5.41, 5.74) is 4.39. The summed E-state index contributed by atoms with van der Waals surface area (Å²) in [4.78, 5) is 23.5. The third-order valence-corrected chi connectivity index (χ3v) is 7.06. The number of ether oxygens (including phenoxy) is 2. The summed E-state index contributed by atoms with van der Waals surface area (Å²) < 4.78 is 10.7. The van der Waals surface area contributed by atoms with Crippen molar-refractivity contribution in [3.05, 3.63) is 76.6 Å². The van der Waals surface area contributed by atoms with Gasteiger partial charge in [0.1, 0.15) is 12.4 Å². The number of rotatable bonds is 7. The average Bonchev–Trinajstić information content (AvgIpc) is 2.85. The average molecular weight is 478 g/mol. The lowest BCUT2D eigenvalue weighted by molar-refractivity contribution is -0.143. The number of halogens is 1. The summed E-state index contributed by atoms with van der Waals surface area (Å²) >= 11 is 5.93. The zero-order valence-corrected chi connectivity index (χ0v) is 20.0. The molecular formula is C27H28ClN3O3. The predicted molar refractivity (Wildman–Crippen MR) is 131 cm³/mol. The molecule has 3 aromatic rings. The molecule has 0 amide bonds. The second-order valence-corrected chi connectivity index (χ2v) is 9.53. The van der Waals surface area contributed by atoms with Crippen molar-refractivity contribution in [3.8, 4) is 17.1 Å². The van der Waals surface area contributed by atoms with Crippen molar-refractivity contribution in [1.82, 2.24) is 14.9 Å². The molecule has 34 heavy (non-hydrogen) atoms. The van der Waals surface area contributed by atoms with Crippen LogP contribution in [0.5, 0.6) is 5.75 Å². The monoisotopic (exact) mass is 477 g/mol. The van der Waals surface area contributed by atoms with Crippen molar-refractivity contribution >= 4 is 17.6 Å². The molecule has 5 rings (SSSR count). The van der Waals surface area contributed by atoms with Gasteiger partial charge in [0.15, 0.2) is 5.82 Å². The zero-order valence-electron chi connectivity index (χ0n) is 19.2. The molecule has 7 heteroatoms. The highest BCUT2D eigenvalue weighted by atomic mass is 35.5. The molecule has 2 aliphatic rings. The van der Waals surface area contributed by atoms with Gasteiger partial charge in [0, 0.05) is 54.3 Å². The molecule has 6 nitrogen and oxygen atoms in total. The van der Waals surface area contributed by atoms with Crippen molar-refractivity contribution in [2.75, 3.05) is 13.7 Å². The van der Waals surface area contributed by atoms with E-state index >= 15 is 0 Å². The number of benzene rings is 2.